The third-order valence-electron chi connectivity index (χ3n) is 5.69. The maximum absolute atomic E-state index is 13.2. The molecule has 0 aliphatic heterocycles. The molecular weight excluding hydrogens is 386 g/mol. The number of carbonyl (C=O) groups is 1. The lowest BCUT2D eigenvalue weighted by Crippen LogP contribution is -2.27. The topological polar surface area (TPSA) is 57.8 Å². The van der Waals surface area contributed by atoms with Gasteiger partial charge in [0.2, 0.25) is 0 Å². The standard InChI is InChI=1S/C26H29N3O2/c1-18-23-21(28-27-20-13-9-6-10-14-20)15-26(2,3)16-22(23)31-24(18)25(30)29(4)17-19-11-7-5-8-12-19/h5-14,27H,15-17H2,1-4H3/b28-21-. The Balaban J connectivity index is 1.64. The minimum Gasteiger partial charge on any atom is -0.455 e. The molecule has 1 amide bonds. The van der Waals surface area contributed by atoms with Crippen LogP contribution in [0.5, 0.6) is 0 Å². The minimum atomic E-state index is -0.107. The van der Waals surface area contributed by atoms with Crippen LogP contribution in [0, 0.1) is 12.3 Å². The summed E-state index contributed by atoms with van der Waals surface area (Å²) >= 11 is 0. The number of benzene rings is 2. The first-order valence-corrected chi connectivity index (χ1v) is 10.6. The molecule has 1 heterocycles. The summed E-state index contributed by atoms with van der Waals surface area (Å²) in [6.45, 7) is 6.90. The van der Waals surface area contributed by atoms with E-state index in [9.17, 15) is 4.79 Å². The van der Waals surface area contributed by atoms with Crippen LogP contribution in [0.2, 0.25) is 0 Å². The molecule has 0 atom stereocenters. The molecule has 31 heavy (non-hydrogen) atoms. The van der Waals surface area contributed by atoms with Crippen molar-refractivity contribution >= 4 is 17.3 Å². The fraction of sp³-hybridized carbons (Fsp3) is 0.308. The van der Waals surface area contributed by atoms with Crippen molar-refractivity contribution in [2.24, 2.45) is 10.5 Å². The van der Waals surface area contributed by atoms with Crippen LogP contribution in [-0.4, -0.2) is 23.6 Å². The van der Waals surface area contributed by atoms with Crippen LogP contribution in [0.1, 0.15) is 53.3 Å². The summed E-state index contributed by atoms with van der Waals surface area (Å²) in [6.07, 6.45) is 1.59. The Morgan fingerprint density at radius 2 is 1.71 bits per heavy atom. The molecule has 1 aliphatic carbocycles. The number of hydrazone groups is 1. The quantitative estimate of drug-likeness (QED) is 0.548. The second kappa shape index (κ2) is 8.42. The molecular formula is C26H29N3O2. The van der Waals surface area contributed by atoms with Gasteiger partial charge < -0.3 is 9.32 Å². The summed E-state index contributed by atoms with van der Waals surface area (Å²) in [5.41, 5.74) is 7.95. The number of anilines is 1. The molecule has 0 unspecified atom stereocenters. The second-order valence-corrected chi connectivity index (χ2v) is 9.06. The van der Waals surface area contributed by atoms with Crippen molar-refractivity contribution in [2.75, 3.05) is 12.5 Å². The third-order valence-corrected chi connectivity index (χ3v) is 5.69. The van der Waals surface area contributed by atoms with Crippen LogP contribution in [-0.2, 0) is 13.0 Å². The SMILES string of the molecule is Cc1c(C(=O)N(C)Cc2ccccc2)oc2c1/C(=N\Nc1ccccc1)CC(C)(C)C2. The van der Waals surface area contributed by atoms with Crippen LogP contribution in [0.3, 0.4) is 0 Å². The van der Waals surface area contributed by atoms with Gasteiger partial charge in [0.05, 0.1) is 11.4 Å². The Kier molecular flexibility index (Phi) is 5.68. The van der Waals surface area contributed by atoms with Crippen molar-refractivity contribution in [3.8, 4) is 0 Å². The number of amides is 1. The van der Waals surface area contributed by atoms with E-state index < -0.39 is 0 Å². The molecule has 5 heteroatoms. The summed E-state index contributed by atoms with van der Waals surface area (Å²) in [5, 5.41) is 4.72. The van der Waals surface area contributed by atoms with E-state index in [1.54, 1.807) is 4.90 Å². The summed E-state index contributed by atoms with van der Waals surface area (Å²) in [5.74, 6) is 1.15. The molecule has 0 bridgehead atoms. The molecule has 1 N–H and O–H groups in total. The first-order valence-electron chi connectivity index (χ1n) is 10.6. The minimum absolute atomic E-state index is 0.00471. The Morgan fingerprint density at radius 1 is 1.06 bits per heavy atom. The van der Waals surface area contributed by atoms with Crippen LogP contribution >= 0.6 is 0 Å². The summed E-state index contributed by atoms with van der Waals surface area (Å²) < 4.78 is 6.18. The van der Waals surface area contributed by atoms with Gasteiger partial charge in [-0.05, 0) is 36.5 Å². The van der Waals surface area contributed by atoms with E-state index in [0.29, 0.717) is 12.3 Å². The summed E-state index contributed by atoms with van der Waals surface area (Å²) in [6, 6.07) is 19.9. The van der Waals surface area contributed by atoms with Crippen molar-refractivity contribution in [3.63, 3.8) is 0 Å². The molecule has 2 aromatic carbocycles. The highest BCUT2D eigenvalue weighted by atomic mass is 16.4. The predicted molar refractivity (Wildman–Crippen MR) is 124 cm³/mol. The maximum Gasteiger partial charge on any atom is 0.289 e. The van der Waals surface area contributed by atoms with E-state index in [1.165, 1.54) is 0 Å². The molecule has 5 nitrogen and oxygen atoms in total. The number of carbonyl (C=O) groups excluding carboxylic acids is 1. The number of para-hydroxylation sites is 1. The van der Waals surface area contributed by atoms with E-state index in [-0.39, 0.29) is 11.3 Å². The van der Waals surface area contributed by atoms with Gasteiger partial charge in [-0.2, -0.15) is 5.10 Å². The Morgan fingerprint density at radius 3 is 2.39 bits per heavy atom. The van der Waals surface area contributed by atoms with Gasteiger partial charge in [-0.3, -0.25) is 10.2 Å². The summed E-state index contributed by atoms with van der Waals surface area (Å²) in [7, 11) is 1.81. The average molecular weight is 416 g/mol. The first kappa shape index (κ1) is 20.9. The van der Waals surface area contributed by atoms with Crippen molar-refractivity contribution in [3.05, 3.63) is 88.9 Å². The van der Waals surface area contributed by atoms with Gasteiger partial charge >= 0.3 is 0 Å². The predicted octanol–water partition coefficient (Wildman–Crippen LogP) is 5.65. The van der Waals surface area contributed by atoms with E-state index in [1.807, 2.05) is 74.6 Å². The summed E-state index contributed by atoms with van der Waals surface area (Å²) in [4.78, 5) is 14.9. The molecule has 0 radical (unpaired) electrons. The van der Waals surface area contributed by atoms with E-state index >= 15 is 0 Å². The van der Waals surface area contributed by atoms with Gasteiger partial charge in [-0.15, -0.1) is 0 Å². The fourth-order valence-electron chi connectivity index (χ4n) is 4.16. The molecule has 0 saturated heterocycles. The van der Waals surface area contributed by atoms with E-state index in [0.717, 1.165) is 46.7 Å². The van der Waals surface area contributed by atoms with Crippen molar-refractivity contribution in [1.29, 1.82) is 0 Å². The lowest BCUT2D eigenvalue weighted by Gasteiger charge is -2.29. The first-order chi connectivity index (χ1) is 14.8. The van der Waals surface area contributed by atoms with Gasteiger partial charge in [0.1, 0.15) is 5.76 Å². The van der Waals surface area contributed by atoms with E-state index in [4.69, 9.17) is 9.52 Å². The molecule has 3 aromatic rings. The largest absolute Gasteiger partial charge is 0.455 e. The molecule has 0 spiro atoms. The number of furan rings is 1. The average Bonchev–Trinajstić information content (AvgIpc) is 3.07. The molecule has 1 aromatic heterocycles. The Bertz CT molecular complexity index is 1100. The highest BCUT2D eigenvalue weighted by Crippen LogP contribution is 2.39. The Labute approximate surface area is 183 Å². The van der Waals surface area contributed by atoms with Gasteiger partial charge in [-0.1, -0.05) is 62.4 Å². The van der Waals surface area contributed by atoms with Crippen LogP contribution < -0.4 is 5.43 Å². The number of hydrogen-bond donors (Lipinski definition) is 1. The van der Waals surface area contributed by atoms with Crippen LogP contribution in [0.25, 0.3) is 0 Å². The fourth-order valence-corrected chi connectivity index (χ4v) is 4.16. The van der Waals surface area contributed by atoms with Gasteiger partial charge in [-0.25, -0.2) is 0 Å². The third kappa shape index (κ3) is 4.55. The number of rotatable bonds is 5. The molecule has 160 valence electrons. The normalized spacial score (nSPS) is 16.1. The van der Waals surface area contributed by atoms with Crippen molar-refractivity contribution in [1.82, 2.24) is 4.90 Å². The number of fused-ring (bicyclic) bond motifs is 1. The number of nitrogens with zero attached hydrogens (tertiary/aromatic N) is 2. The van der Waals surface area contributed by atoms with Crippen LogP contribution in [0.15, 0.2) is 70.2 Å². The van der Waals surface area contributed by atoms with Crippen molar-refractivity contribution < 1.29 is 9.21 Å². The lowest BCUT2D eigenvalue weighted by atomic mass is 9.75. The van der Waals surface area contributed by atoms with Gasteiger partial charge in [0, 0.05) is 31.1 Å². The van der Waals surface area contributed by atoms with E-state index in [2.05, 4.69) is 19.3 Å². The highest BCUT2D eigenvalue weighted by molar-refractivity contribution is 6.07. The van der Waals surface area contributed by atoms with Crippen LogP contribution in [0.4, 0.5) is 5.69 Å². The zero-order chi connectivity index (χ0) is 22.0. The molecule has 0 saturated carbocycles. The zero-order valence-corrected chi connectivity index (χ0v) is 18.6. The van der Waals surface area contributed by atoms with Gasteiger partial charge in [0.25, 0.3) is 5.91 Å². The highest BCUT2D eigenvalue weighted by Gasteiger charge is 2.36. The molecule has 4 rings (SSSR count). The smallest absolute Gasteiger partial charge is 0.289 e. The second-order valence-electron chi connectivity index (χ2n) is 9.06. The lowest BCUT2D eigenvalue weighted by molar-refractivity contribution is 0.0749. The number of nitrogens with one attached hydrogen (secondary N) is 1. The molecule has 1 aliphatic rings. The Hall–Kier alpha value is -3.34. The monoisotopic (exact) mass is 415 g/mol. The number of hydrogen-bond acceptors (Lipinski definition) is 4. The van der Waals surface area contributed by atoms with Gasteiger partial charge in [0.15, 0.2) is 5.76 Å². The maximum atomic E-state index is 13.2. The zero-order valence-electron chi connectivity index (χ0n) is 18.6. The van der Waals surface area contributed by atoms with Crippen molar-refractivity contribution in [2.45, 2.75) is 40.2 Å². The molecule has 0 fully saturated rings.